The maximum Gasteiger partial charge on any atom is 0.0882 e. The van der Waals surface area contributed by atoms with Crippen LogP contribution in [0, 0.1) is 0 Å². The number of nitrogens with one attached hydrogen (secondary N) is 1. The van der Waals surface area contributed by atoms with Crippen LogP contribution in [0.1, 0.15) is 19.3 Å². The molecule has 0 aromatic rings. The van der Waals surface area contributed by atoms with Gasteiger partial charge in [-0.15, -0.1) is 0 Å². The number of likely N-dealkylation sites (tertiary alicyclic amines) is 1. The molecule has 96 valence electrons. The van der Waals surface area contributed by atoms with Crippen molar-refractivity contribution in [3.8, 4) is 0 Å². The molecular formula is C11H24N2O3. The first-order valence-corrected chi connectivity index (χ1v) is 5.95. The number of hydrogen-bond acceptors (Lipinski definition) is 5. The number of aliphatic hydroxyl groups excluding tert-OH is 3. The minimum Gasteiger partial charge on any atom is -0.394 e. The van der Waals surface area contributed by atoms with Gasteiger partial charge in [0.25, 0.3) is 0 Å². The average Bonchev–Trinajstić information content (AvgIpc) is 2.34. The Kier molecular flexibility index (Phi) is 5.64. The number of hydrogen-bond donors (Lipinski definition) is 4. The van der Waals surface area contributed by atoms with Gasteiger partial charge in [0.2, 0.25) is 0 Å². The van der Waals surface area contributed by atoms with Crippen LogP contribution in [0.4, 0.5) is 0 Å². The molecule has 0 bridgehead atoms. The molecule has 16 heavy (non-hydrogen) atoms. The molecule has 0 saturated carbocycles. The van der Waals surface area contributed by atoms with Crippen LogP contribution in [0.3, 0.4) is 0 Å². The second-order valence-corrected chi connectivity index (χ2v) is 4.77. The third-order valence-electron chi connectivity index (χ3n) is 3.54. The Morgan fingerprint density at radius 3 is 2.31 bits per heavy atom. The maximum absolute atomic E-state index is 9.18. The Morgan fingerprint density at radius 2 is 1.81 bits per heavy atom. The molecule has 0 aromatic heterocycles. The topological polar surface area (TPSA) is 76.0 Å². The molecule has 0 aromatic carbocycles. The minimum atomic E-state index is -0.946. The molecule has 1 rings (SSSR count). The van der Waals surface area contributed by atoms with Crippen molar-refractivity contribution in [1.82, 2.24) is 10.2 Å². The molecule has 0 radical (unpaired) electrons. The van der Waals surface area contributed by atoms with Crippen molar-refractivity contribution in [2.45, 2.75) is 30.8 Å². The molecule has 5 nitrogen and oxygen atoms in total. The summed E-state index contributed by atoms with van der Waals surface area (Å²) in [6.07, 6.45) is 3.58. The number of piperidine rings is 1. The number of aliphatic hydroxyl groups is 3. The smallest absolute Gasteiger partial charge is 0.0882 e. The molecule has 5 heteroatoms. The lowest BCUT2D eigenvalue weighted by atomic mass is 9.99. The summed E-state index contributed by atoms with van der Waals surface area (Å²) < 4.78 is 0. The predicted molar refractivity (Wildman–Crippen MR) is 62.3 cm³/mol. The fraction of sp³-hybridized carbons (Fsp3) is 1.00. The highest BCUT2D eigenvalue weighted by molar-refractivity contribution is 4.89. The highest BCUT2D eigenvalue weighted by atomic mass is 16.3. The summed E-state index contributed by atoms with van der Waals surface area (Å²) in [7, 11) is 2.09. The van der Waals surface area contributed by atoms with E-state index >= 15 is 0 Å². The summed E-state index contributed by atoms with van der Waals surface area (Å²) in [6, 6.07) is 0.428. The molecule has 0 amide bonds. The molecule has 1 atom stereocenters. The minimum absolute atomic E-state index is 0.254. The van der Waals surface area contributed by atoms with Gasteiger partial charge in [0, 0.05) is 12.6 Å². The highest BCUT2D eigenvalue weighted by Gasteiger charge is 2.29. The van der Waals surface area contributed by atoms with Crippen LogP contribution in [0.5, 0.6) is 0 Å². The van der Waals surface area contributed by atoms with Crippen molar-refractivity contribution >= 4 is 0 Å². The first-order valence-electron chi connectivity index (χ1n) is 5.95. The molecule has 1 aliphatic rings. The number of likely N-dealkylation sites (N-methyl/N-ethyl adjacent to an activating group) is 1. The van der Waals surface area contributed by atoms with Gasteiger partial charge in [0.1, 0.15) is 0 Å². The lowest BCUT2D eigenvalue weighted by molar-refractivity contribution is 0.0351. The van der Waals surface area contributed by atoms with Crippen molar-refractivity contribution in [3.63, 3.8) is 0 Å². The van der Waals surface area contributed by atoms with E-state index in [2.05, 4.69) is 17.3 Å². The Balaban J connectivity index is 2.41. The van der Waals surface area contributed by atoms with Gasteiger partial charge in [-0.3, -0.25) is 0 Å². The van der Waals surface area contributed by atoms with Crippen molar-refractivity contribution < 1.29 is 15.3 Å². The van der Waals surface area contributed by atoms with Crippen molar-refractivity contribution in [2.24, 2.45) is 0 Å². The summed E-state index contributed by atoms with van der Waals surface area (Å²) in [5, 5.41) is 30.6. The van der Waals surface area contributed by atoms with Gasteiger partial charge in [0.15, 0.2) is 0 Å². The predicted octanol–water partition coefficient (Wildman–Crippen LogP) is -1.22. The highest BCUT2D eigenvalue weighted by Crippen LogP contribution is 2.15. The van der Waals surface area contributed by atoms with E-state index in [1.54, 1.807) is 0 Å². The molecule has 1 saturated heterocycles. The monoisotopic (exact) mass is 232 g/mol. The molecule has 4 N–H and O–H groups in total. The first kappa shape index (κ1) is 13.9. The fourth-order valence-electron chi connectivity index (χ4n) is 2.05. The molecule has 0 spiro atoms. The van der Waals surface area contributed by atoms with Crippen molar-refractivity contribution in [2.75, 3.05) is 40.0 Å². The Hall–Kier alpha value is -0.200. The zero-order valence-corrected chi connectivity index (χ0v) is 10.0. The van der Waals surface area contributed by atoms with Crippen molar-refractivity contribution in [1.29, 1.82) is 0 Å². The summed E-state index contributed by atoms with van der Waals surface area (Å²) in [5.41, 5.74) is -0.946. The third-order valence-corrected chi connectivity index (χ3v) is 3.54. The van der Waals surface area contributed by atoms with Crippen LogP contribution in [-0.2, 0) is 0 Å². The number of rotatable bonds is 6. The Labute approximate surface area is 97.1 Å². The quantitative estimate of drug-likeness (QED) is 0.462. The average molecular weight is 232 g/mol. The van der Waals surface area contributed by atoms with Crippen LogP contribution >= 0.6 is 0 Å². The molecule has 0 aliphatic carbocycles. The lowest BCUT2D eigenvalue weighted by Gasteiger charge is -2.36. The van der Waals surface area contributed by atoms with Crippen LogP contribution in [-0.4, -0.2) is 71.8 Å². The van der Waals surface area contributed by atoms with E-state index in [-0.39, 0.29) is 19.8 Å². The second kappa shape index (κ2) is 6.51. The van der Waals surface area contributed by atoms with Gasteiger partial charge in [-0.25, -0.2) is 0 Å². The largest absolute Gasteiger partial charge is 0.394 e. The molecule has 1 unspecified atom stereocenters. The third kappa shape index (κ3) is 3.40. The van der Waals surface area contributed by atoms with E-state index in [1.165, 1.54) is 12.8 Å². The van der Waals surface area contributed by atoms with E-state index in [4.69, 9.17) is 0 Å². The zero-order valence-electron chi connectivity index (χ0n) is 10.0. The van der Waals surface area contributed by atoms with Gasteiger partial charge in [-0.05, 0) is 26.4 Å². The van der Waals surface area contributed by atoms with Crippen LogP contribution in [0.25, 0.3) is 0 Å². The van der Waals surface area contributed by atoms with Crippen LogP contribution in [0.2, 0.25) is 0 Å². The summed E-state index contributed by atoms with van der Waals surface area (Å²) in [6.45, 7) is 1.03. The summed E-state index contributed by atoms with van der Waals surface area (Å²) in [4.78, 5) is 2.29. The van der Waals surface area contributed by atoms with Crippen LogP contribution < -0.4 is 5.32 Å². The van der Waals surface area contributed by atoms with Crippen molar-refractivity contribution in [3.05, 3.63) is 0 Å². The molecule has 1 fully saturated rings. The zero-order chi connectivity index (χ0) is 12.0. The van der Waals surface area contributed by atoms with Gasteiger partial charge < -0.3 is 25.5 Å². The fourth-order valence-corrected chi connectivity index (χ4v) is 2.05. The van der Waals surface area contributed by atoms with Gasteiger partial charge in [0.05, 0.1) is 25.4 Å². The van der Waals surface area contributed by atoms with Gasteiger partial charge >= 0.3 is 0 Å². The lowest BCUT2D eigenvalue weighted by Crippen LogP contribution is -2.58. The molecule has 1 aliphatic heterocycles. The first-order chi connectivity index (χ1) is 7.67. The number of nitrogens with zero attached hydrogens (tertiary/aromatic N) is 1. The normalized spacial score (nSPS) is 23.6. The Morgan fingerprint density at radius 1 is 1.19 bits per heavy atom. The Bertz CT molecular complexity index is 189. The SMILES string of the molecule is CN1CCCCC1CNC(CO)(CO)CO. The van der Waals surface area contributed by atoms with E-state index in [0.717, 1.165) is 13.0 Å². The second-order valence-electron chi connectivity index (χ2n) is 4.77. The van der Waals surface area contributed by atoms with E-state index in [0.29, 0.717) is 12.6 Å². The molecular weight excluding hydrogens is 208 g/mol. The van der Waals surface area contributed by atoms with Gasteiger partial charge in [-0.2, -0.15) is 0 Å². The van der Waals surface area contributed by atoms with E-state index < -0.39 is 5.54 Å². The van der Waals surface area contributed by atoms with E-state index in [1.807, 2.05) is 0 Å². The maximum atomic E-state index is 9.18. The van der Waals surface area contributed by atoms with Crippen LogP contribution in [0.15, 0.2) is 0 Å². The molecule has 1 heterocycles. The summed E-state index contributed by atoms with van der Waals surface area (Å²) >= 11 is 0. The van der Waals surface area contributed by atoms with Gasteiger partial charge in [-0.1, -0.05) is 6.42 Å². The van der Waals surface area contributed by atoms with E-state index in [9.17, 15) is 15.3 Å². The summed E-state index contributed by atoms with van der Waals surface area (Å²) in [5.74, 6) is 0. The standard InChI is InChI=1S/C11H24N2O3/c1-13-5-3-2-4-10(13)6-12-11(7-14,8-15)9-16/h10,12,14-16H,2-9H2,1H3.